The number of aryl methyl sites for hydroxylation is 1. The fourth-order valence-electron chi connectivity index (χ4n) is 2.38. The van der Waals surface area contributed by atoms with Gasteiger partial charge in [0.05, 0.1) is 6.10 Å². The molecule has 1 aliphatic heterocycles. The minimum absolute atomic E-state index is 0.240. The molecule has 2 unspecified atom stereocenters. The Balaban J connectivity index is 2.14. The van der Waals surface area contributed by atoms with Crippen LogP contribution in [0.2, 0.25) is 0 Å². The maximum absolute atomic E-state index is 5.90. The van der Waals surface area contributed by atoms with Gasteiger partial charge < -0.3 is 10.1 Å². The van der Waals surface area contributed by atoms with Crippen molar-refractivity contribution in [1.82, 2.24) is 5.32 Å². The highest BCUT2D eigenvalue weighted by atomic mass is 79.9. The lowest BCUT2D eigenvalue weighted by molar-refractivity contribution is 0.0901. The van der Waals surface area contributed by atoms with E-state index in [2.05, 4.69) is 53.3 Å². The van der Waals surface area contributed by atoms with Crippen LogP contribution in [0.3, 0.4) is 0 Å². The molecule has 0 radical (unpaired) electrons. The van der Waals surface area contributed by atoms with E-state index in [1.807, 2.05) is 0 Å². The van der Waals surface area contributed by atoms with Gasteiger partial charge in [0.25, 0.3) is 0 Å². The molecule has 0 aromatic heterocycles. The van der Waals surface area contributed by atoms with E-state index < -0.39 is 0 Å². The van der Waals surface area contributed by atoms with Crippen molar-refractivity contribution in [2.75, 3.05) is 19.7 Å². The second-order valence-corrected chi connectivity index (χ2v) is 5.53. The summed E-state index contributed by atoms with van der Waals surface area (Å²) < 4.78 is 7.07. The highest BCUT2D eigenvalue weighted by Crippen LogP contribution is 2.37. The van der Waals surface area contributed by atoms with Crippen molar-refractivity contribution in [3.63, 3.8) is 0 Å². The molecular weight excluding hydrogens is 278 g/mol. The number of hydrogen-bond donors (Lipinski definition) is 1. The highest BCUT2D eigenvalue weighted by Gasteiger charge is 2.30. The fraction of sp³-hybridized carbons (Fsp3) is 0.571. The number of nitrogens with one attached hydrogen (secondary N) is 1. The molecule has 1 aromatic rings. The Labute approximate surface area is 112 Å². The van der Waals surface area contributed by atoms with Crippen LogP contribution in [0.15, 0.2) is 22.7 Å². The zero-order valence-electron chi connectivity index (χ0n) is 10.5. The predicted octanol–water partition coefficient (Wildman–Crippen LogP) is 3.44. The summed E-state index contributed by atoms with van der Waals surface area (Å²) in [5, 5.41) is 3.43. The molecule has 2 nitrogen and oxygen atoms in total. The van der Waals surface area contributed by atoms with Crippen LogP contribution >= 0.6 is 15.9 Å². The summed E-state index contributed by atoms with van der Waals surface area (Å²) in [4.78, 5) is 0. The monoisotopic (exact) mass is 297 g/mol. The molecule has 0 bridgehead atoms. The van der Waals surface area contributed by atoms with E-state index in [0.717, 1.165) is 26.1 Å². The molecule has 3 heteroatoms. The van der Waals surface area contributed by atoms with Gasteiger partial charge in [-0.3, -0.25) is 0 Å². The van der Waals surface area contributed by atoms with Crippen LogP contribution < -0.4 is 5.32 Å². The summed E-state index contributed by atoms with van der Waals surface area (Å²) in [5.74, 6) is 0.592. The molecule has 17 heavy (non-hydrogen) atoms. The van der Waals surface area contributed by atoms with Gasteiger partial charge >= 0.3 is 0 Å². The van der Waals surface area contributed by atoms with Crippen molar-refractivity contribution in [1.29, 1.82) is 0 Å². The number of halogens is 1. The zero-order valence-corrected chi connectivity index (χ0v) is 12.1. The lowest BCUT2D eigenvalue weighted by Crippen LogP contribution is -2.24. The third-order valence-electron chi connectivity index (χ3n) is 3.33. The van der Waals surface area contributed by atoms with Crippen LogP contribution in [0.1, 0.15) is 30.6 Å². The van der Waals surface area contributed by atoms with Crippen LogP contribution in [0.4, 0.5) is 0 Å². The molecule has 1 fully saturated rings. The summed E-state index contributed by atoms with van der Waals surface area (Å²) >= 11 is 3.65. The van der Waals surface area contributed by atoms with Crippen LogP contribution in [0, 0.1) is 12.8 Å². The van der Waals surface area contributed by atoms with E-state index in [0.29, 0.717) is 5.92 Å². The Morgan fingerprint density at radius 1 is 1.47 bits per heavy atom. The van der Waals surface area contributed by atoms with Crippen LogP contribution in [-0.4, -0.2) is 19.7 Å². The average molecular weight is 298 g/mol. The van der Waals surface area contributed by atoms with E-state index in [9.17, 15) is 0 Å². The maximum atomic E-state index is 5.90. The van der Waals surface area contributed by atoms with Gasteiger partial charge in [0.2, 0.25) is 0 Å². The molecule has 0 saturated carbocycles. The Hall–Kier alpha value is -0.380. The molecule has 1 aliphatic rings. The van der Waals surface area contributed by atoms with Crippen molar-refractivity contribution in [3.8, 4) is 0 Å². The zero-order chi connectivity index (χ0) is 12.3. The van der Waals surface area contributed by atoms with Gasteiger partial charge in [0.15, 0.2) is 0 Å². The van der Waals surface area contributed by atoms with Crippen LogP contribution in [-0.2, 0) is 4.74 Å². The molecule has 94 valence electrons. The van der Waals surface area contributed by atoms with E-state index in [1.54, 1.807) is 0 Å². The van der Waals surface area contributed by atoms with E-state index >= 15 is 0 Å². The van der Waals surface area contributed by atoms with E-state index in [1.165, 1.54) is 15.6 Å². The molecule has 0 aliphatic carbocycles. The molecule has 1 saturated heterocycles. The second-order valence-electron chi connectivity index (χ2n) is 4.67. The quantitative estimate of drug-likeness (QED) is 0.919. The summed E-state index contributed by atoms with van der Waals surface area (Å²) in [7, 11) is 0. The fourth-order valence-corrected chi connectivity index (χ4v) is 3.10. The third kappa shape index (κ3) is 3.09. The number of hydrogen-bond acceptors (Lipinski definition) is 2. The van der Waals surface area contributed by atoms with Gasteiger partial charge in [-0.25, -0.2) is 0 Å². The van der Waals surface area contributed by atoms with Gasteiger partial charge in [-0.15, -0.1) is 0 Å². The SMILES string of the molecule is CCNCC1CCOC1c1ccc(C)cc1Br. The molecule has 0 spiro atoms. The van der Waals surface area contributed by atoms with E-state index in [4.69, 9.17) is 4.74 Å². The topological polar surface area (TPSA) is 21.3 Å². The first kappa shape index (κ1) is 13.1. The standard InChI is InChI=1S/C14H20BrNO/c1-3-16-9-11-6-7-17-14(11)12-5-4-10(2)8-13(12)15/h4-5,8,11,14,16H,3,6-7,9H2,1-2H3. The summed E-state index contributed by atoms with van der Waals surface area (Å²) in [6.45, 7) is 7.20. The first-order valence-electron chi connectivity index (χ1n) is 6.30. The summed E-state index contributed by atoms with van der Waals surface area (Å²) in [5.41, 5.74) is 2.57. The lowest BCUT2D eigenvalue weighted by atomic mass is 9.94. The molecular formula is C14H20BrNO. The molecule has 2 atom stereocenters. The Bertz CT molecular complexity index is 380. The first-order chi connectivity index (χ1) is 8.22. The molecule has 2 rings (SSSR count). The van der Waals surface area contributed by atoms with Gasteiger partial charge in [-0.1, -0.05) is 35.0 Å². The van der Waals surface area contributed by atoms with Crippen molar-refractivity contribution in [2.24, 2.45) is 5.92 Å². The third-order valence-corrected chi connectivity index (χ3v) is 4.02. The molecule has 0 amide bonds. The largest absolute Gasteiger partial charge is 0.373 e. The van der Waals surface area contributed by atoms with Crippen molar-refractivity contribution < 1.29 is 4.74 Å². The maximum Gasteiger partial charge on any atom is 0.0876 e. The van der Waals surface area contributed by atoms with Crippen molar-refractivity contribution in [3.05, 3.63) is 33.8 Å². The lowest BCUT2D eigenvalue weighted by Gasteiger charge is -2.20. The van der Waals surface area contributed by atoms with E-state index in [-0.39, 0.29) is 6.10 Å². The predicted molar refractivity (Wildman–Crippen MR) is 74.2 cm³/mol. The Morgan fingerprint density at radius 3 is 3.00 bits per heavy atom. The normalized spacial score (nSPS) is 24.2. The number of rotatable bonds is 4. The average Bonchev–Trinajstić information content (AvgIpc) is 2.74. The second kappa shape index (κ2) is 5.98. The molecule has 1 heterocycles. The van der Waals surface area contributed by atoms with Crippen molar-refractivity contribution >= 4 is 15.9 Å². The smallest absolute Gasteiger partial charge is 0.0876 e. The van der Waals surface area contributed by atoms with Crippen LogP contribution in [0.5, 0.6) is 0 Å². The minimum atomic E-state index is 0.240. The van der Waals surface area contributed by atoms with Gasteiger partial charge in [-0.05, 0) is 37.1 Å². The highest BCUT2D eigenvalue weighted by molar-refractivity contribution is 9.10. The Morgan fingerprint density at radius 2 is 2.29 bits per heavy atom. The molecule has 1 N–H and O–H groups in total. The first-order valence-corrected chi connectivity index (χ1v) is 7.10. The van der Waals surface area contributed by atoms with Crippen molar-refractivity contribution in [2.45, 2.75) is 26.4 Å². The molecule has 1 aromatic carbocycles. The van der Waals surface area contributed by atoms with Gasteiger partial charge in [0.1, 0.15) is 0 Å². The number of benzene rings is 1. The summed E-state index contributed by atoms with van der Waals surface area (Å²) in [6, 6.07) is 6.52. The van der Waals surface area contributed by atoms with Gasteiger partial charge in [0, 0.05) is 23.5 Å². The summed E-state index contributed by atoms with van der Waals surface area (Å²) in [6.07, 6.45) is 1.39. The Kier molecular flexibility index (Phi) is 4.60. The number of ether oxygens (including phenoxy) is 1. The van der Waals surface area contributed by atoms with Gasteiger partial charge in [-0.2, -0.15) is 0 Å². The minimum Gasteiger partial charge on any atom is -0.373 e. The van der Waals surface area contributed by atoms with Crippen LogP contribution in [0.25, 0.3) is 0 Å².